The van der Waals surface area contributed by atoms with Crippen molar-refractivity contribution in [3.8, 4) is 6.07 Å². The predicted octanol–water partition coefficient (Wildman–Crippen LogP) is 2.36. The SMILES string of the molecule is N#CCc1nc2ccccc2n1CCOCCCl. The Labute approximate surface area is 111 Å². The van der Waals surface area contributed by atoms with Gasteiger partial charge in [-0.05, 0) is 12.1 Å². The van der Waals surface area contributed by atoms with Gasteiger partial charge in [0.2, 0.25) is 0 Å². The van der Waals surface area contributed by atoms with Crippen molar-refractivity contribution in [2.45, 2.75) is 13.0 Å². The van der Waals surface area contributed by atoms with Crippen molar-refractivity contribution in [2.75, 3.05) is 19.1 Å². The molecule has 5 heteroatoms. The fraction of sp³-hybridized carbons (Fsp3) is 0.385. The largest absolute Gasteiger partial charge is 0.378 e. The van der Waals surface area contributed by atoms with Crippen molar-refractivity contribution in [1.82, 2.24) is 9.55 Å². The van der Waals surface area contributed by atoms with Gasteiger partial charge in [-0.3, -0.25) is 0 Å². The topological polar surface area (TPSA) is 50.8 Å². The van der Waals surface area contributed by atoms with E-state index in [9.17, 15) is 0 Å². The van der Waals surface area contributed by atoms with Crippen LogP contribution in [0.15, 0.2) is 24.3 Å². The van der Waals surface area contributed by atoms with Gasteiger partial charge in [-0.25, -0.2) is 4.98 Å². The number of rotatable bonds is 6. The van der Waals surface area contributed by atoms with Crippen LogP contribution >= 0.6 is 11.6 Å². The van der Waals surface area contributed by atoms with E-state index in [1.807, 2.05) is 28.8 Å². The number of ether oxygens (including phenoxy) is 1. The highest BCUT2D eigenvalue weighted by Gasteiger charge is 2.09. The van der Waals surface area contributed by atoms with Crippen LogP contribution in [0.4, 0.5) is 0 Å². The van der Waals surface area contributed by atoms with Gasteiger partial charge in [-0.15, -0.1) is 11.6 Å². The summed E-state index contributed by atoms with van der Waals surface area (Å²) in [7, 11) is 0. The summed E-state index contributed by atoms with van der Waals surface area (Å²) in [4.78, 5) is 4.46. The lowest BCUT2D eigenvalue weighted by Gasteiger charge is -2.07. The van der Waals surface area contributed by atoms with Gasteiger partial charge in [0.1, 0.15) is 5.82 Å². The van der Waals surface area contributed by atoms with Gasteiger partial charge in [-0.2, -0.15) is 5.26 Å². The number of nitrogens with zero attached hydrogens (tertiary/aromatic N) is 3. The molecule has 1 heterocycles. The van der Waals surface area contributed by atoms with Crippen LogP contribution in [-0.4, -0.2) is 28.6 Å². The van der Waals surface area contributed by atoms with Gasteiger partial charge >= 0.3 is 0 Å². The van der Waals surface area contributed by atoms with Crippen LogP contribution < -0.4 is 0 Å². The van der Waals surface area contributed by atoms with Gasteiger partial charge in [0.15, 0.2) is 0 Å². The second-order valence-corrected chi connectivity index (χ2v) is 4.18. The fourth-order valence-electron chi connectivity index (χ4n) is 1.89. The number of fused-ring (bicyclic) bond motifs is 1. The molecule has 0 atom stereocenters. The average Bonchev–Trinajstić information content (AvgIpc) is 2.73. The first kappa shape index (κ1) is 12.9. The summed E-state index contributed by atoms with van der Waals surface area (Å²) in [5, 5.41) is 8.83. The molecule has 18 heavy (non-hydrogen) atoms. The predicted molar refractivity (Wildman–Crippen MR) is 70.6 cm³/mol. The van der Waals surface area contributed by atoms with Crippen molar-refractivity contribution >= 4 is 22.6 Å². The zero-order valence-electron chi connectivity index (χ0n) is 9.97. The Morgan fingerprint density at radius 3 is 2.94 bits per heavy atom. The molecule has 0 aliphatic rings. The van der Waals surface area contributed by atoms with Crippen molar-refractivity contribution in [3.63, 3.8) is 0 Å². The van der Waals surface area contributed by atoms with E-state index >= 15 is 0 Å². The third-order valence-electron chi connectivity index (χ3n) is 2.65. The minimum absolute atomic E-state index is 0.310. The van der Waals surface area contributed by atoms with Crippen molar-refractivity contribution in [2.24, 2.45) is 0 Å². The molecule has 2 aromatic rings. The highest BCUT2D eigenvalue weighted by molar-refractivity contribution is 6.17. The third-order valence-corrected chi connectivity index (χ3v) is 2.81. The Balaban J connectivity index is 2.22. The van der Waals surface area contributed by atoms with Crippen LogP contribution in [-0.2, 0) is 17.7 Å². The number of imidazole rings is 1. The maximum Gasteiger partial charge on any atom is 0.124 e. The fourth-order valence-corrected chi connectivity index (χ4v) is 2.00. The van der Waals surface area contributed by atoms with Gasteiger partial charge < -0.3 is 9.30 Å². The van der Waals surface area contributed by atoms with Crippen LogP contribution in [0.1, 0.15) is 5.82 Å². The molecule has 0 bridgehead atoms. The van der Waals surface area contributed by atoms with Crippen molar-refractivity contribution in [3.05, 3.63) is 30.1 Å². The summed E-state index contributed by atoms with van der Waals surface area (Å²) in [6, 6.07) is 10.0. The molecule has 0 saturated heterocycles. The van der Waals surface area contributed by atoms with Gasteiger partial charge in [0.25, 0.3) is 0 Å². The number of hydrogen-bond donors (Lipinski definition) is 0. The highest BCUT2D eigenvalue weighted by Crippen LogP contribution is 2.16. The van der Waals surface area contributed by atoms with Gasteiger partial charge in [0, 0.05) is 12.4 Å². The number of nitriles is 1. The number of alkyl halides is 1. The lowest BCUT2D eigenvalue weighted by Crippen LogP contribution is -2.10. The maximum atomic E-state index is 8.83. The molecule has 0 saturated carbocycles. The Kier molecular flexibility index (Phi) is 4.57. The first-order valence-corrected chi connectivity index (χ1v) is 6.35. The highest BCUT2D eigenvalue weighted by atomic mass is 35.5. The van der Waals surface area contributed by atoms with Crippen LogP contribution in [0.3, 0.4) is 0 Å². The third kappa shape index (κ3) is 2.81. The molecule has 0 radical (unpaired) electrons. The first-order chi connectivity index (χ1) is 8.86. The Hall–Kier alpha value is -1.57. The minimum Gasteiger partial charge on any atom is -0.378 e. The molecule has 0 unspecified atom stereocenters. The summed E-state index contributed by atoms with van der Waals surface area (Å²) in [6.45, 7) is 1.81. The Bertz CT molecular complexity index is 559. The van der Waals surface area contributed by atoms with Crippen LogP contribution in [0.25, 0.3) is 11.0 Å². The van der Waals surface area contributed by atoms with Crippen LogP contribution in [0, 0.1) is 11.3 Å². The number of benzene rings is 1. The number of hydrogen-bond acceptors (Lipinski definition) is 3. The van der Waals surface area contributed by atoms with E-state index in [2.05, 4.69) is 11.1 Å². The summed E-state index contributed by atoms with van der Waals surface area (Å²) in [6.07, 6.45) is 0.310. The number of halogens is 1. The van der Waals surface area contributed by atoms with Crippen LogP contribution in [0.5, 0.6) is 0 Å². The van der Waals surface area contributed by atoms with Gasteiger partial charge in [-0.1, -0.05) is 12.1 Å². The monoisotopic (exact) mass is 263 g/mol. The summed E-state index contributed by atoms with van der Waals surface area (Å²) in [5.41, 5.74) is 1.96. The van der Waals surface area contributed by atoms with E-state index < -0.39 is 0 Å². The Morgan fingerprint density at radius 1 is 1.33 bits per heavy atom. The van der Waals surface area contributed by atoms with Crippen LogP contribution in [0.2, 0.25) is 0 Å². The molecule has 0 aliphatic heterocycles. The maximum absolute atomic E-state index is 8.83. The first-order valence-electron chi connectivity index (χ1n) is 5.81. The van der Waals surface area contributed by atoms with E-state index in [1.165, 1.54) is 0 Å². The van der Waals surface area contributed by atoms with Crippen molar-refractivity contribution < 1.29 is 4.74 Å². The smallest absolute Gasteiger partial charge is 0.124 e. The van der Waals surface area contributed by atoms with Crippen molar-refractivity contribution in [1.29, 1.82) is 5.26 Å². The Morgan fingerprint density at radius 2 is 2.17 bits per heavy atom. The molecule has 0 N–H and O–H groups in total. The molecule has 0 fully saturated rings. The zero-order valence-corrected chi connectivity index (χ0v) is 10.7. The number of para-hydroxylation sites is 2. The quantitative estimate of drug-likeness (QED) is 0.594. The molecular formula is C13H14ClN3O. The summed E-state index contributed by atoms with van der Waals surface area (Å²) >= 11 is 5.55. The second-order valence-electron chi connectivity index (χ2n) is 3.80. The van der Waals surface area contributed by atoms with E-state index in [4.69, 9.17) is 21.6 Å². The average molecular weight is 264 g/mol. The standard InChI is InChI=1S/C13H14ClN3O/c14-6-9-18-10-8-17-12-4-2-1-3-11(12)16-13(17)5-7-15/h1-4H,5-6,8-10H2. The zero-order chi connectivity index (χ0) is 12.8. The molecule has 0 aliphatic carbocycles. The summed E-state index contributed by atoms with van der Waals surface area (Å²) < 4.78 is 7.41. The van der Waals surface area contributed by atoms with E-state index in [0.29, 0.717) is 32.1 Å². The number of aromatic nitrogens is 2. The minimum atomic E-state index is 0.310. The molecule has 0 spiro atoms. The second kappa shape index (κ2) is 6.39. The molecule has 0 amide bonds. The normalized spacial score (nSPS) is 10.7. The van der Waals surface area contributed by atoms with Gasteiger partial charge in [0.05, 0.1) is 36.7 Å². The molecule has 94 valence electrons. The van der Waals surface area contributed by atoms with E-state index in [0.717, 1.165) is 16.9 Å². The summed E-state index contributed by atoms with van der Waals surface area (Å²) in [5.74, 6) is 1.28. The van der Waals surface area contributed by atoms with E-state index in [1.54, 1.807) is 0 Å². The molecule has 1 aromatic carbocycles. The lowest BCUT2D eigenvalue weighted by molar-refractivity contribution is 0.141. The lowest BCUT2D eigenvalue weighted by atomic mass is 10.3. The molecule has 2 rings (SSSR count). The van der Waals surface area contributed by atoms with E-state index in [-0.39, 0.29) is 0 Å². The molecular weight excluding hydrogens is 250 g/mol. The molecule has 1 aromatic heterocycles. The molecule has 4 nitrogen and oxygen atoms in total.